The largest absolute Gasteiger partial charge is 0.497 e. The predicted molar refractivity (Wildman–Crippen MR) is 132 cm³/mol. The fraction of sp³-hybridized carbons (Fsp3) is 0.400. The lowest BCUT2D eigenvalue weighted by atomic mass is 10.0. The topological polar surface area (TPSA) is 87.7 Å². The van der Waals surface area contributed by atoms with E-state index in [9.17, 15) is 14.4 Å². The van der Waals surface area contributed by atoms with Crippen LogP contribution in [0.2, 0.25) is 19.6 Å². The van der Waals surface area contributed by atoms with Crippen LogP contribution in [-0.4, -0.2) is 50.4 Å². The quantitative estimate of drug-likeness (QED) is 0.584. The van der Waals surface area contributed by atoms with Crippen molar-refractivity contribution in [3.63, 3.8) is 0 Å². The van der Waals surface area contributed by atoms with Gasteiger partial charge in [0.2, 0.25) is 11.8 Å². The van der Waals surface area contributed by atoms with Crippen molar-refractivity contribution in [1.29, 1.82) is 0 Å². The van der Waals surface area contributed by atoms with Crippen LogP contribution in [0, 0.1) is 0 Å². The number of hydrogen-bond acceptors (Lipinski definition) is 4. The third kappa shape index (κ3) is 6.01. The number of rotatable bonds is 8. The molecule has 0 saturated carbocycles. The lowest BCUT2D eigenvalue weighted by Crippen LogP contribution is -2.48. The molecule has 0 bridgehead atoms. The third-order valence-corrected chi connectivity index (χ3v) is 8.04. The fourth-order valence-electron chi connectivity index (χ4n) is 3.85. The fourth-order valence-corrected chi connectivity index (χ4v) is 5.01. The van der Waals surface area contributed by atoms with Crippen molar-refractivity contribution in [3.8, 4) is 5.75 Å². The maximum absolute atomic E-state index is 13.3. The van der Waals surface area contributed by atoms with E-state index in [0.29, 0.717) is 30.0 Å². The summed E-state index contributed by atoms with van der Waals surface area (Å²) in [4.78, 5) is 39.9. The third-order valence-electron chi connectivity index (χ3n) is 5.97. The number of amides is 3. The molecule has 7 nitrogen and oxygen atoms in total. The Hall–Kier alpha value is -3.13. The highest BCUT2D eigenvalue weighted by molar-refractivity contribution is 6.88. The molecule has 0 radical (unpaired) electrons. The van der Waals surface area contributed by atoms with Crippen molar-refractivity contribution in [2.45, 2.75) is 51.5 Å². The van der Waals surface area contributed by atoms with Gasteiger partial charge < -0.3 is 20.3 Å². The van der Waals surface area contributed by atoms with Crippen molar-refractivity contribution in [2.75, 3.05) is 19.0 Å². The zero-order valence-electron chi connectivity index (χ0n) is 20.0. The van der Waals surface area contributed by atoms with Gasteiger partial charge in [-0.2, -0.15) is 0 Å². The number of likely N-dealkylation sites (tertiary alicyclic amines) is 1. The van der Waals surface area contributed by atoms with E-state index in [-0.39, 0.29) is 17.7 Å². The number of hydrogen-bond donors (Lipinski definition) is 2. The Balaban J connectivity index is 1.80. The number of ether oxygens (including phenoxy) is 1. The molecule has 0 aromatic heterocycles. The number of methoxy groups -OCH3 is 1. The summed E-state index contributed by atoms with van der Waals surface area (Å²) in [5.74, 6) is -0.0997. The molecule has 1 aliphatic rings. The summed E-state index contributed by atoms with van der Waals surface area (Å²) < 4.78 is 5.21. The van der Waals surface area contributed by atoms with E-state index in [4.69, 9.17) is 4.74 Å². The summed E-state index contributed by atoms with van der Waals surface area (Å²) in [7, 11) is 0.123. The smallest absolute Gasteiger partial charge is 0.251 e. The van der Waals surface area contributed by atoms with Crippen LogP contribution in [0.5, 0.6) is 5.75 Å². The van der Waals surface area contributed by atoms with Gasteiger partial charge in [0.25, 0.3) is 5.91 Å². The Morgan fingerprint density at radius 2 is 1.64 bits per heavy atom. The summed E-state index contributed by atoms with van der Waals surface area (Å²) >= 11 is 0. The summed E-state index contributed by atoms with van der Waals surface area (Å²) in [6, 6.07) is 13.3. The van der Waals surface area contributed by atoms with Crippen LogP contribution >= 0.6 is 0 Å². The molecule has 3 amide bonds. The maximum atomic E-state index is 13.3. The van der Waals surface area contributed by atoms with Crippen LogP contribution in [-0.2, 0) is 14.4 Å². The molecule has 33 heavy (non-hydrogen) atoms. The van der Waals surface area contributed by atoms with E-state index in [1.54, 1.807) is 43.2 Å². The Morgan fingerprint density at radius 3 is 2.15 bits per heavy atom. The first kappa shape index (κ1) is 24.5. The number of carbonyl (C=O) groups excluding carboxylic acids is 3. The van der Waals surface area contributed by atoms with Gasteiger partial charge in [-0.25, -0.2) is 0 Å². The summed E-state index contributed by atoms with van der Waals surface area (Å²) in [5, 5.41) is 7.06. The molecule has 2 atom stereocenters. The zero-order chi connectivity index (χ0) is 24.2. The van der Waals surface area contributed by atoms with Gasteiger partial charge in [0, 0.05) is 18.7 Å². The molecule has 2 unspecified atom stereocenters. The minimum atomic E-state index is -1.45. The van der Waals surface area contributed by atoms with Crippen LogP contribution in [0.4, 0.5) is 5.69 Å². The first-order valence-corrected chi connectivity index (χ1v) is 14.8. The average molecular weight is 468 g/mol. The van der Waals surface area contributed by atoms with Gasteiger partial charge in [0.05, 0.1) is 15.2 Å². The van der Waals surface area contributed by atoms with Gasteiger partial charge in [-0.05, 0) is 43.2 Å². The van der Waals surface area contributed by atoms with Crippen LogP contribution in [0.15, 0.2) is 48.5 Å². The molecule has 0 aliphatic carbocycles. The van der Waals surface area contributed by atoms with E-state index in [2.05, 4.69) is 30.3 Å². The number of anilines is 1. The number of benzene rings is 2. The van der Waals surface area contributed by atoms with E-state index >= 15 is 0 Å². The maximum Gasteiger partial charge on any atom is 0.251 e. The molecule has 1 aliphatic heterocycles. The standard InChI is InChI=1S/C25H33N3O4Si/c1-17(28-16-6-7-22(28)29)24(30)27-23(18-8-12-20(32-2)13-9-18)25(31)26-19-10-14-21(15-11-19)33(3,4)5/h8-15,17,23H,6-7,16H2,1-5H3,(H,26,31)(H,27,30). The van der Waals surface area contributed by atoms with Crippen LogP contribution in [0.25, 0.3) is 0 Å². The highest BCUT2D eigenvalue weighted by Gasteiger charge is 2.32. The lowest BCUT2D eigenvalue weighted by Gasteiger charge is -2.26. The van der Waals surface area contributed by atoms with Crippen LogP contribution in [0.3, 0.4) is 0 Å². The van der Waals surface area contributed by atoms with Gasteiger partial charge >= 0.3 is 0 Å². The minimum absolute atomic E-state index is 0.0365. The van der Waals surface area contributed by atoms with Crippen molar-refractivity contribution in [2.24, 2.45) is 0 Å². The molecule has 8 heteroatoms. The summed E-state index contributed by atoms with van der Waals surface area (Å²) in [6.45, 7) is 9.04. The molecule has 3 rings (SSSR count). The Labute approximate surface area is 196 Å². The second-order valence-corrected chi connectivity index (χ2v) is 14.5. The molecular weight excluding hydrogens is 434 g/mol. The Morgan fingerprint density at radius 1 is 1.00 bits per heavy atom. The van der Waals surface area contributed by atoms with Gasteiger partial charge in [-0.3, -0.25) is 14.4 Å². The van der Waals surface area contributed by atoms with Crippen molar-refractivity contribution >= 4 is 36.7 Å². The number of nitrogens with one attached hydrogen (secondary N) is 2. The zero-order valence-corrected chi connectivity index (χ0v) is 21.0. The highest BCUT2D eigenvalue weighted by atomic mass is 28.3. The number of carbonyl (C=O) groups is 3. The van der Waals surface area contributed by atoms with E-state index in [1.165, 1.54) is 5.19 Å². The molecule has 0 spiro atoms. The molecule has 2 aromatic carbocycles. The van der Waals surface area contributed by atoms with Gasteiger partial charge in [-0.1, -0.05) is 49.1 Å². The molecular formula is C25H33N3O4Si. The van der Waals surface area contributed by atoms with Crippen molar-refractivity contribution in [1.82, 2.24) is 10.2 Å². The Bertz CT molecular complexity index is 1000. The highest BCUT2D eigenvalue weighted by Crippen LogP contribution is 2.21. The molecule has 1 heterocycles. The average Bonchev–Trinajstić information content (AvgIpc) is 3.22. The molecule has 2 N–H and O–H groups in total. The van der Waals surface area contributed by atoms with Gasteiger partial charge in [-0.15, -0.1) is 0 Å². The second kappa shape index (κ2) is 10.2. The van der Waals surface area contributed by atoms with Crippen molar-refractivity contribution < 1.29 is 19.1 Å². The normalized spacial score (nSPS) is 15.7. The molecule has 2 aromatic rings. The van der Waals surface area contributed by atoms with Gasteiger partial charge in [0.1, 0.15) is 17.8 Å². The van der Waals surface area contributed by atoms with Crippen LogP contribution in [0.1, 0.15) is 31.4 Å². The van der Waals surface area contributed by atoms with E-state index < -0.39 is 20.2 Å². The van der Waals surface area contributed by atoms with E-state index in [1.807, 2.05) is 24.3 Å². The van der Waals surface area contributed by atoms with E-state index in [0.717, 1.165) is 6.42 Å². The first-order chi connectivity index (χ1) is 15.6. The monoisotopic (exact) mass is 467 g/mol. The molecule has 176 valence electrons. The lowest BCUT2D eigenvalue weighted by molar-refractivity contribution is -0.137. The summed E-state index contributed by atoms with van der Waals surface area (Å²) in [5.41, 5.74) is 1.29. The minimum Gasteiger partial charge on any atom is -0.497 e. The van der Waals surface area contributed by atoms with Crippen LogP contribution < -0.4 is 20.6 Å². The second-order valence-electron chi connectivity index (χ2n) is 9.40. The number of nitrogens with zero attached hydrogens (tertiary/aromatic N) is 1. The Kier molecular flexibility index (Phi) is 7.58. The SMILES string of the molecule is COc1ccc(C(NC(=O)C(C)N2CCCC2=O)C(=O)Nc2ccc([Si](C)(C)C)cc2)cc1. The summed E-state index contributed by atoms with van der Waals surface area (Å²) in [6.07, 6.45) is 1.19. The predicted octanol–water partition coefficient (Wildman–Crippen LogP) is 3.05. The van der Waals surface area contributed by atoms with Crippen molar-refractivity contribution in [3.05, 3.63) is 54.1 Å². The molecule has 1 fully saturated rings. The first-order valence-electron chi connectivity index (χ1n) is 11.3. The molecule has 1 saturated heterocycles. The van der Waals surface area contributed by atoms with Gasteiger partial charge in [0.15, 0.2) is 0 Å².